The number of benzene rings is 3. The van der Waals surface area contributed by atoms with Gasteiger partial charge < -0.3 is 10.1 Å². The molecule has 0 fully saturated rings. The van der Waals surface area contributed by atoms with E-state index in [2.05, 4.69) is 5.32 Å². The second-order valence-electron chi connectivity index (χ2n) is 6.37. The van der Waals surface area contributed by atoms with E-state index in [1.807, 2.05) is 91.9 Å². The Labute approximate surface area is 160 Å². The second-order valence-corrected chi connectivity index (χ2v) is 6.37. The van der Waals surface area contributed by atoms with E-state index in [4.69, 9.17) is 4.74 Å². The SMILES string of the molecule is COc1ccc(/C=C(/C(=O)NCc2ccc(C)cc2)c2ccccc2)cc1. The summed E-state index contributed by atoms with van der Waals surface area (Å²) in [5, 5.41) is 3.03. The van der Waals surface area contributed by atoms with Gasteiger partial charge in [-0.15, -0.1) is 0 Å². The first kappa shape index (κ1) is 18.5. The first-order chi connectivity index (χ1) is 13.2. The number of aryl methyl sites for hydroxylation is 1. The van der Waals surface area contributed by atoms with Crippen molar-refractivity contribution in [2.45, 2.75) is 13.5 Å². The van der Waals surface area contributed by atoms with E-state index in [1.165, 1.54) is 5.56 Å². The number of hydrogen-bond donors (Lipinski definition) is 1. The van der Waals surface area contributed by atoms with Crippen molar-refractivity contribution in [2.24, 2.45) is 0 Å². The van der Waals surface area contributed by atoms with E-state index >= 15 is 0 Å². The number of carbonyl (C=O) groups is 1. The summed E-state index contributed by atoms with van der Waals surface area (Å²) in [4.78, 5) is 12.9. The minimum Gasteiger partial charge on any atom is -0.497 e. The van der Waals surface area contributed by atoms with Crippen molar-refractivity contribution in [1.29, 1.82) is 0 Å². The molecule has 0 heterocycles. The molecule has 3 rings (SSSR count). The lowest BCUT2D eigenvalue weighted by Gasteiger charge is -2.10. The Morgan fingerprint density at radius 2 is 1.59 bits per heavy atom. The Bertz CT molecular complexity index is 911. The summed E-state index contributed by atoms with van der Waals surface area (Å²) in [6.45, 7) is 2.54. The smallest absolute Gasteiger partial charge is 0.252 e. The molecule has 3 heteroatoms. The van der Waals surface area contributed by atoms with Crippen molar-refractivity contribution in [1.82, 2.24) is 5.32 Å². The summed E-state index contributed by atoms with van der Waals surface area (Å²) < 4.78 is 5.20. The summed E-state index contributed by atoms with van der Waals surface area (Å²) in [5.41, 5.74) is 4.74. The minimum absolute atomic E-state index is 0.0995. The normalized spacial score (nSPS) is 11.1. The molecule has 3 aromatic carbocycles. The van der Waals surface area contributed by atoms with E-state index in [0.717, 1.165) is 22.4 Å². The molecular formula is C24H23NO2. The number of carbonyl (C=O) groups excluding carboxylic acids is 1. The van der Waals surface area contributed by atoms with Gasteiger partial charge in [0.2, 0.25) is 0 Å². The molecule has 0 spiro atoms. The number of nitrogens with one attached hydrogen (secondary N) is 1. The topological polar surface area (TPSA) is 38.3 Å². The molecular weight excluding hydrogens is 334 g/mol. The predicted molar refractivity (Wildman–Crippen MR) is 110 cm³/mol. The van der Waals surface area contributed by atoms with Gasteiger partial charge in [-0.3, -0.25) is 4.79 Å². The van der Waals surface area contributed by atoms with E-state index in [-0.39, 0.29) is 5.91 Å². The first-order valence-electron chi connectivity index (χ1n) is 8.90. The monoisotopic (exact) mass is 357 g/mol. The fourth-order valence-corrected chi connectivity index (χ4v) is 2.75. The zero-order valence-corrected chi connectivity index (χ0v) is 15.6. The average Bonchev–Trinajstić information content (AvgIpc) is 2.72. The largest absolute Gasteiger partial charge is 0.497 e. The van der Waals surface area contributed by atoms with Gasteiger partial charge in [0.25, 0.3) is 5.91 Å². The average molecular weight is 357 g/mol. The van der Waals surface area contributed by atoms with Crippen molar-refractivity contribution >= 4 is 17.6 Å². The van der Waals surface area contributed by atoms with Crippen molar-refractivity contribution < 1.29 is 9.53 Å². The van der Waals surface area contributed by atoms with Crippen LogP contribution in [0.1, 0.15) is 22.3 Å². The van der Waals surface area contributed by atoms with Crippen LogP contribution in [0.3, 0.4) is 0 Å². The lowest BCUT2D eigenvalue weighted by atomic mass is 10.0. The van der Waals surface area contributed by atoms with Crippen LogP contribution in [-0.4, -0.2) is 13.0 Å². The van der Waals surface area contributed by atoms with Crippen molar-refractivity contribution in [3.8, 4) is 5.75 Å². The maximum Gasteiger partial charge on any atom is 0.252 e. The molecule has 1 N–H and O–H groups in total. The van der Waals surface area contributed by atoms with E-state index in [0.29, 0.717) is 12.1 Å². The molecule has 0 radical (unpaired) electrons. The lowest BCUT2D eigenvalue weighted by molar-refractivity contribution is -0.115. The molecule has 0 saturated carbocycles. The standard InChI is InChI=1S/C24H23NO2/c1-18-8-10-20(11-9-18)17-25-24(26)23(21-6-4-3-5-7-21)16-19-12-14-22(27-2)15-13-19/h3-16H,17H2,1-2H3,(H,25,26)/b23-16+. The molecule has 0 atom stereocenters. The molecule has 0 saturated heterocycles. The van der Waals surface area contributed by atoms with Crippen LogP contribution in [0.2, 0.25) is 0 Å². The third kappa shape index (κ3) is 5.08. The summed E-state index contributed by atoms with van der Waals surface area (Å²) in [6.07, 6.45) is 1.90. The summed E-state index contributed by atoms with van der Waals surface area (Å²) in [6, 6.07) is 25.5. The summed E-state index contributed by atoms with van der Waals surface area (Å²) >= 11 is 0. The molecule has 0 aliphatic heterocycles. The molecule has 0 unspecified atom stereocenters. The zero-order chi connectivity index (χ0) is 19.1. The summed E-state index contributed by atoms with van der Waals surface area (Å²) in [5.74, 6) is 0.690. The fraction of sp³-hybridized carbons (Fsp3) is 0.125. The van der Waals surface area contributed by atoms with Crippen molar-refractivity contribution in [3.63, 3.8) is 0 Å². The van der Waals surface area contributed by atoms with E-state index < -0.39 is 0 Å². The molecule has 0 aliphatic carbocycles. The molecule has 1 amide bonds. The lowest BCUT2D eigenvalue weighted by Crippen LogP contribution is -2.23. The number of hydrogen-bond acceptors (Lipinski definition) is 2. The van der Waals surface area contributed by atoms with Crippen LogP contribution in [0, 0.1) is 6.92 Å². The molecule has 27 heavy (non-hydrogen) atoms. The second kappa shape index (κ2) is 8.86. The highest BCUT2D eigenvalue weighted by molar-refractivity contribution is 6.24. The highest BCUT2D eigenvalue weighted by atomic mass is 16.5. The molecule has 0 bridgehead atoms. The van der Waals surface area contributed by atoms with Gasteiger partial charge in [0.05, 0.1) is 7.11 Å². The van der Waals surface area contributed by atoms with Gasteiger partial charge in [0.1, 0.15) is 5.75 Å². The Hall–Kier alpha value is -3.33. The first-order valence-corrected chi connectivity index (χ1v) is 8.90. The van der Waals surface area contributed by atoms with Crippen LogP contribution >= 0.6 is 0 Å². The summed E-state index contributed by atoms with van der Waals surface area (Å²) in [7, 11) is 1.64. The van der Waals surface area contributed by atoms with Gasteiger partial charge in [0.15, 0.2) is 0 Å². The molecule has 3 aromatic rings. The van der Waals surface area contributed by atoms with Gasteiger partial charge in [-0.05, 0) is 41.8 Å². The van der Waals surface area contributed by atoms with Gasteiger partial charge >= 0.3 is 0 Å². The Morgan fingerprint density at radius 1 is 0.926 bits per heavy atom. The molecule has 136 valence electrons. The van der Waals surface area contributed by atoms with Crippen LogP contribution in [-0.2, 0) is 11.3 Å². The van der Waals surface area contributed by atoms with E-state index in [9.17, 15) is 4.79 Å². The van der Waals surface area contributed by atoms with Crippen LogP contribution < -0.4 is 10.1 Å². The van der Waals surface area contributed by atoms with Crippen LogP contribution in [0.4, 0.5) is 0 Å². The van der Waals surface area contributed by atoms with Crippen LogP contribution in [0.25, 0.3) is 11.6 Å². The molecule has 3 nitrogen and oxygen atoms in total. The van der Waals surface area contributed by atoms with Crippen molar-refractivity contribution in [3.05, 3.63) is 101 Å². The van der Waals surface area contributed by atoms with E-state index in [1.54, 1.807) is 7.11 Å². The minimum atomic E-state index is -0.0995. The number of amides is 1. The van der Waals surface area contributed by atoms with Crippen LogP contribution in [0.15, 0.2) is 78.9 Å². The number of ether oxygens (including phenoxy) is 1. The third-order valence-corrected chi connectivity index (χ3v) is 4.33. The highest BCUT2D eigenvalue weighted by Crippen LogP contribution is 2.20. The zero-order valence-electron chi connectivity index (χ0n) is 15.6. The van der Waals surface area contributed by atoms with Crippen LogP contribution in [0.5, 0.6) is 5.75 Å². The van der Waals surface area contributed by atoms with Gasteiger partial charge in [0, 0.05) is 12.1 Å². The van der Waals surface area contributed by atoms with Gasteiger partial charge in [-0.25, -0.2) is 0 Å². The molecule has 0 aromatic heterocycles. The van der Waals surface area contributed by atoms with Gasteiger partial charge in [-0.2, -0.15) is 0 Å². The molecule has 0 aliphatic rings. The fourth-order valence-electron chi connectivity index (χ4n) is 2.75. The maximum absolute atomic E-state index is 12.9. The highest BCUT2D eigenvalue weighted by Gasteiger charge is 2.12. The number of methoxy groups -OCH3 is 1. The Balaban J connectivity index is 1.83. The van der Waals surface area contributed by atoms with Gasteiger partial charge in [-0.1, -0.05) is 72.3 Å². The maximum atomic E-state index is 12.9. The van der Waals surface area contributed by atoms with Crippen molar-refractivity contribution in [2.75, 3.05) is 7.11 Å². The quantitative estimate of drug-likeness (QED) is 0.505. The Morgan fingerprint density at radius 3 is 2.22 bits per heavy atom. The third-order valence-electron chi connectivity index (χ3n) is 4.33. The predicted octanol–water partition coefficient (Wildman–Crippen LogP) is 4.86. The Kier molecular flexibility index (Phi) is 6.06. The number of rotatable bonds is 6.